The highest BCUT2D eigenvalue weighted by molar-refractivity contribution is 9.10. The van der Waals surface area contributed by atoms with Gasteiger partial charge >= 0.3 is 0 Å². The lowest BCUT2D eigenvalue weighted by molar-refractivity contribution is 0.585. The molecule has 0 saturated carbocycles. The van der Waals surface area contributed by atoms with Gasteiger partial charge < -0.3 is 4.98 Å². The van der Waals surface area contributed by atoms with E-state index in [0.29, 0.717) is 0 Å². The Labute approximate surface area is 130 Å². The van der Waals surface area contributed by atoms with Gasteiger partial charge in [0.15, 0.2) is 0 Å². The number of hydrogen-bond donors (Lipinski definition) is 1. The number of fused-ring (bicyclic) bond motifs is 1. The van der Waals surface area contributed by atoms with Crippen molar-refractivity contribution in [1.29, 1.82) is 0 Å². The molecule has 0 unspecified atom stereocenters. The van der Waals surface area contributed by atoms with Gasteiger partial charge in [0.1, 0.15) is 5.82 Å². The zero-order valence-electron chi connectivity index (χ0n) is 12.6. The van der Waals surface area contributed by atoms with E-state index in [1.54, 1.807) is 0 Å². The number of nitrogens with zero attached hydrogens (tertiary/aromatic N) is 1. The molecule has 0 aliphatic rings. The average molecular weight is 337 g/mol. The summed E-state index contributed by atoms with van der Waals surface area (Å²) in [6.07, 6.45) is 10.5. The van der Waals surface area contributed by atoms with Crippen LogP contribution in [0.3, 0.4) is 0 Å². The van der Waals surface area contributed by atoms with E-state index < -0.39 is 0 Å². The molecule has 20 heavy (non-hydrogen) atoms. The Hall–Kier alpha value is -0.830. The summed E-state index contributed by atoms with van der Waals surface area (Å²) in [5.41, 5.74) is 3.50. The number of aromatic nitrogens is 2. The third kappa shape index (κ3) is 4.34. The molecular formula is C17H25BrN2. The highest BCUT2D eigenvalue weighted by atomic mass is 79.9. The van der Waals surface area contributed by atoms with Crippen LogP contribution in [-0.4, -0.2) is 9.97 Å². The van der Waals surface area contributed by atoms with Crippen molar-refractivity contribution in [2.24, 2.45) is 0 Å². The average Bonchev–Trinajstić information content (AvgIpc) is 2.81. The molecule has 0 radical (unpaired) electrons. The molecule has 1 aromatic carbocycles. The van der Waals surface area contributed by atoms with Gasteiger partial charge in [-0.2, -0.15) is 0 Å². The summed E-state index contributed by atoms with van der Waals surface area (Å²) in [4.78, 5) is 8.17. The first kappa shape index (κ1) is 15.6. The maximum atomic E-state index is 4.72. The first-order chi connectivity index (χ1) is 9.70. The molecule has 0 fully saturated rings. The molecule has 1 heterocycles. The molecule has 2 nitrogen and oxygen atoms in total. The van der Waals surface area contributed by atoms with E-state index in [1.807, 2.05) is 0 Å². The van der Waals surface area contributed by atoms with E-state index in [2.05, 4.69) is 46.9 Å². The zero-order valence-corrected chi connectivity index (χ0v) is 14.2. The Kier molecular flexibility index (Phi) is 6.08. The predicted molar refractivity (Wildman–Crippen MR) is 90.2 cm³/mol. The number of aromatic amines is 1. The Bertz CT molecular complexity index is 545. The largest absolute Gasteiger partial charge is 0.342 e. The normalized spacial score (nSPS) is 11.3. The second kappa shape index (κ2) is 7.82. The topological polar surface area (TPSA) is 28.7 Å². The first-order valence-electron chi connectivity index (χ1n) is 7.85. The lowest BCUT2D eigenvalue weighted by Gasteiger charge is -1.99. The van der Waals surface area contributed by atoms with Gasteiger partial charge in [-0.25, -0.2) is 4.98 Å². The van der Waals surface area contributed by atoms with Crippen LogP contribution in [0, 0.1) is 6.92 Å². The predicted octanol–water partition coefficient (Wildman–Crippen LogP) is 5.93. The number of aryl methyl sites for hydroxylation is 2. The van der Waals surface area contributed by atoms with Gasteiger partial charge in [0, 0.05) is 10.9 Å². The van der Waals surface area contributed by atoms with Gasteiger partial charge in [0.25, 0.3) is 0 Å². The number of H-pyrrole nitrogens is 1. The molecule has 0 aliphatic carbocycles. The van der Waals surface area contributed by atoms with Crippen LogP contribution in [0.15, 0.2) is 16.6 Å². The fraction of sp³-hybridized carbons (Fsp3) is 0.588. The van der Waals surface area contributed by atoms with Crippen LogP contribution < -0.4 is 0 Å². The van der Waals surface area contributed by atoms with E-state index in [9.17, 15) is 0 Å². The fourth-order valence-corrected chi connectivity index (χ4v) is 3.24. The standard InChI is InChI=1S/C17H25BrN2/c1-3-4-5-6-7-8-9-10-16-19-15-12-14(18)11-13(2)17(15)20-16/h11-12H,3-10H2,1-2H3,(H,19,20). The summed E-state index contributed by atoms with van der Waals surface area (Å²) >= 11 is 3.54. The lowest BCUT2D eigenvalue weighted by atomic mass is 10.1. The molecule has 3 heteroatoms. The van der Waals surface area contributed by atoms with Crippen LogP contribution in [-0.2, 0) is 6.42 Å². The molecule has 0 atom stereocenters. The fourth-order valence-electron chi connectivity index (χ4n) is 2.67. The van der Waals surface area contributed by atoms with Gasteiger partial charge in [-0.15, -0.1) is 0 Å². The van der Waals surface area contributed by atoms with Crippen molar-refractivity contribution in [3.8, 4) is 0 Å². The molecule has 2 aromatic rings. The van der Waals surface area contributed by atoms with E-state index in [0.717, 1.165) is 27.8 Å². The van der Waals surface area contributed by atoms with Gasteiger partial charge in [0.2, 0.25) is 0 Å². The molecule has 2 rings (SSSR count). The van der Waals surface area contributed by atoms with Crippen LogP contribution in [0.5, 0.6) is 0 Å². The maximum absolute atomic E-state index is 4.72. The molecule has 1 N–H and O–H groups in total. The van der Waals surface area contributed by atoms with Crippen molar-refractivity contribution in [2.45, 2.75) is 65.2 Å². The minimum Gasteiger partial charge on any atom is -0.342 e. The second-order valence-corrected chi connectivity index (χ2v) is 6.59. The molecule has 0 amide bonds. The minimum absolute atomic E-state index is 1.07. The summed E-state index contributed by atoms with van der Waals surface area (Å²) in [6.45, 7) is 4.38. The van der Waals surface area contributed by atoms with Crippen LogP contribution >= 0.6 is 15.9 Å². The summed E-state index contributed by atoms with van der Waals surface area (Å²) in [5.74, 6) is 1.13. The Morgan fingerprint density at radius 3 is 2.50 bits per heavy atom. The van der Waals surface area contributed by atoms with Crippen LogP contribution in [0.25, 0.3) is 11.0 Å². The first-order valence-corrected chi connectivity index (χ1v) is 8.64. The number of halogens is 1. The van der Waals surface area contributed by atoms with E-state index >= 15 is 0 Å². The number of imidazole rings is 1. The van der Waals surface area contributed by atoms with E-state index in [1.165, 1.54) is 50.5 Å². The highest BCUT2D eigenvalue weighted by Gasteiger charge is 2.06. The number of unbranched alkanes of at least 4 members (excludes halogenated alkanes) is 6. The van der Waals surface area contributed by atoms with E-state index in [4.69, 9.17) is 4.98 Å². The van der Waals surface area contributed by atoms with Crippen molar-refractivity contribution in [3.05, 3.63) is 28.0 Å². The third-order valence-electron chi connectivity index (χ3n) is 3.81. The van der Waals surface area contributed by atoms with Crippen molar-refractivity contribution in [1.82, 2.24) is 9.97 Å². The van der Waals surface area contributed by atoms with Crippen molar-refractivity contribution < 1.29 is 0 Å². The van der Waals surface area contributed by atoms with Gasteiger partial charge in [-0.05, 0) is 31.0 Å². The third-order valence-corrected chi connectivity index (χ3v) is 4.27. The summed E-state index contributed by atoms with van der Waals surface area (Å²) in [6, 6.07) is 4.24. The van der Waals surface area contributed by atoms with Gasteiger partial charge in [-0.1, -0.05) is 61.4 Å². The molecule has 0 bridgehead atoms. The molecular weight excluding hydrogens is 312 g/mol. The van der Waals surface area contributed by atoms with Crippen molar-refractivity contribution in [2.75, 3.05) is 0 Å². The SMILES string of the molecule is CCCCCCCCCc1nc2c(C)cc(Br)cc2[nH]1. The molecule has 0 aliphatic heterocycles. The number of nitrogens with one attached hydrogen (secondary N) is 1. The number of benzene rings is 1. The van der Waals surface area contributed by atoms with Gasteiger partial charge in [-0.3, -0.25) is 0 Å². The monoisotopic (exact) mass is 336 g/mol. The lowest BCUT2D eigenvalue weighted by Crippen LogP contribution is -1.88. The highest BCUT2D eigenvalue weighted by Crippen LogP contribution is 2.22. The quantitative estimate of drug-likeness (QED) is 0.595. The summed E-state index contributed by atoms with van der Waals surface area (Å²) < 4.78 is 1.12. The number of hydrogen-bond acceptors (Lipinski definition) is 1. The Morgan fingerprint density at radius 1 is 1.05 bits per heavy atom. The van der Waals surface area contributed by atoms with Crippen LogP contribution in [0.1, 0.15) is 63.3 Å². The van der Waals surface area contributed by atoms with Gasteiger partial charge in [0.05, 0.1) is 11.0 Å². The smallest absolute Gasteiger partial charge is 0.107 e. The molecule has 0 saturated heterocycles. The second-order valence-electron chi connectivity index (χ2n) is 5.67. The van der Waals surface area contributed by atoms with Crippen molar-refractivity contribution >= 4 is 27.0 Å². The van der Waals surface area contributed by atoms with Crippen LogP contribution in [0.2, 0.25) is 0 Å². The van der Waals surface area contributed by atoms with Crippen LogP contribution in [0.4, 0.5) is 0 Å². The maximum Gasteiger partial charge on any atom is 0.107 e. The Balaban J connectivity index is 1.80. The molecule has 1 aromatic heterocycles. The number of rotatable bonds is 8. The zero-order chi connectivity index (χ0) is 14.4. The summed E-state index contributed by atoms with van der Waals surface area (Å²) in [7, 11) is 0. The molecule has 110 valence electrons. The Morgan fingerprint density at radius 2 is 1.75 bits per heavy atom. The van der Waals surface area contributed by atoms with Crippen molar-refractivity contribution in [3.63, 3.8) is 0 Å². The van der Waals surface area contributed by atoms with E-state index in [-0.39, 0.29) is 0 Å². The molecule has 0 spiro atoms. The minimum atomic E-state index is 1.07. The summed E-state index contributed by atoms with van der Waals surface area (Å²) in [5, 5.41) is 0.